The summed E-state index contributed by atoms with van der Waals surface area (Å²) in [5.74, 6) is -0.404. The zero-order valence-corrected chi connectivity index (χ0v) is 15.5. The molecule has 1 atom stereocenters. The number of carbonyl (C=O) groups is 1. The summed E-state index contributed by atoms with van der Waals surface area (Å²) < 4.78 is 39.5. The molecule has 0 spiro atoms. The number of carbonyl (C=O) groups excluding carboxylic acids is 1. The third kappa shape index (κ3) is 3.71. The van der Waals surface area contributed by atoms with Gasteiger partial charge in [0, 0.05) is 10.1 Å². The number of benzene rings is 2. The molecule has 3 aromatic rings. The molecular formula is C19H15ClF3NOS. The molecule has 0 saturated heterocycles. The van der Waals surface area contributed by atoms with Gasteiger partial charge in [-0.1, -0.05) is 35.9 Å². The molecule has 7 heteroatoms. The number of amides is 1. The first-order chi connectivity index (χ1) is 12.2. The van der Waals surface area contributed by atoms with Gasteiger partial charge in [-0.3, -0.25) is 4.79 Å². The van der Waals surface area contributed by atoms with Crippen LogP contribution in [0.1, 0.15) is 39.3 Å². The van der Waals surface area contributed by atoms with E-state index in [1.165, 1.54) is 17.4 Å². The van der Waals surface area contributed by atoms with Crippen molar-refractivity contribution in [3.05, 3.63) is 69.1 Å². The van der Waals surface area contributed by atoms with Crippen LogP contribution in [0, 0.1) is 6.92 Å². The van der Waals surface area contributed by atoms with E-state index in [1.807, 2.05) is 25.1 Å². The van der Waals surface area contributed by atoms with Gasteiger partial charge in [-0.15, -0.1) is 11.3 Å². The Hall–Kier alpha value is -2.05. The largest absolute Gasteiger partial charge is 0.416 e. The Morgan fingerprint density at radius 2 is 1.92 bits per heavy atom. The lowest BCUT2D eigenvalue weighted by atomic mass is 10.0. The minimum Gasteiger partial charge on any atom is -0.345 e. The molecule has 1 amide bonds. The summed E-state index contributed by atoms with van der Waals surface area (Å²) in [5, 5.41) is 3.88. The van der Waals surface area contributed by atoms with E-state index in [9.17, 15) is 18.0 Å². The summed E-state index contributed by atoms with van der Waals surface area (Å²) in [6.07, 6.45) is -4.42. The van der Waals surface area contributed by atoms with Crippen molar-refractivity contribution in [3.63, 3.8) is 0 Å². The normalized spacial score (nSPS) is 13.0. The zero-order valence-electron chi connectivity index (χ0n) is 13.9. The SMILES string of the molecule is Cc1ccc2c(Cl)c(C(=O)NC(C)c3cccc(C(F)(F)F)c3)sc2c1. The third-order valence-electron chi connectivity index (χ3n) is 4.05. The molecule has 136 valence electrons. The van der Waals surface area contributed by atoms with Gasteiger partial charge in [0.1, 0.15) is 4.88 Å². The molecule has 0 fully saturated rings. The van der Waals surface area contributed by atoms with Crippen LogP contribution in [0.2, 0.25) is 5.02 Å². The number of halogens is 4. The summed E-state index contributed by atoms with van der Waals surface area (Å²) in [6, 6.07) is 10.0. The predicted molar refractivity (Wildman–Crippen MR) is 98.9 cm³/mol. The molecule has 0 bridgehead atoms. The van der Waals surface area contributed by atoms with Gasteiger partial charge in [-0.05, 0) is 43.2 Å². The number of hydrogen-bond acceptors (Lipinski definition) is 2. The maximum absolute atomic E-state index is 12.9. The predicted octanol–water partition coefficient (Wildman–Crippen LogP) is 6.37. The van der Waals surface area contributed by atoms with Crippen molar-refractivity contribution < 1.29 is 18.0 Å². The summed E-state index contributed by atoms with van der Waals surface area (Å²) in [6.45, 7) is 3.58. The highest BCUT2D eigenvalue weighted by molar-refractivity contribution is 7.21. The summed E-state index contributed by atoms with van der Waals surface area (Å²) in [4.78, 5) is 12.9. The van der Waals surface area contributed by atoms with E-state index >= 15 is 0 Å². The van der Waals surface area contributed by atoms with Crippen LogP contribution < -0.4 is 5.32 Å². The maximum atomic E-state index is 12.9. The van der Waals surface area contributed by atoms with Crippen molar-refractivity contribution in [2.75, 3.05) is 0 Å². The quantitative estimate of drug-likeness (QED) is 0.546. The monoisotopic (exact) mass is 397 g/mol. The molecule has 1 aromatic heterocycles. The lowest BCUT2D eigenvalue weighted by Crippen LogP contribution is -2.26. The molecule has 1 heterocycles. The molecule has 0 aliphatic carbocycles. The molecule has 3 rings (SSSR count). The number of alkyl halides is 3. The number of hydrogen-bond donors (Lipinski definition) is 1. The summed E-state index contributed by atoms with van der Waals surface area (Å²) in [7, 11) is 0. The van der Waals surface area contributed by atoms with Crippen LogP contribution in [0.15, 0.2) is 42.5 Å². The van der Waals surface area contributed by atoms with Gasteiger partial charge in [0.15, 0.2) is 0 Å². The van der Waals surface area contributed by atoms with E-state index < -0.39 is 23.7 Å². The van der Waals surface area contributed by atoms with Crippen LogP contribution in [-0.4, -0.2) is 5.91 Å². The topological polar surface area (TPSA) is 29.1 Å². The molecule has 1 unspecified atom stereocenters. The summed E-state index contributed by atoms with van der Waals surface area (Å²) in [5.41, 5.74) is 0.687. The first-order valence-corrected chi connectivity index (χ1v) is 9.03. The highest BCUT2D eigenvalue weighted by Crippen LogP contribution is 2.36. The number of fused-ring (bicyclic) bond motifs is 1. The van der Waals surface area contributed by atoms with E-state index in [0.717, 1.165) is 27.8 Å². The van der Waals surface area contributed by atoms with Crippen LogP contribution >= 0.6 is 22.9 Å². The number of aryl methyl sites for hydroxylation is 1. The minimum absolute atomic E-state index is 0.353. The van der Waals surface area contributed by atoms with Gasteiger partial charge in [0.25, 0.3) is 5.91 Å². The number of rotatable bonds is 3. The Balaban J connectivity index is 1.85. The standard InChI is InChI=1S/C19H15ClF3NOS/c1-10-6-7-14-15(8-10)26-17(16(14)20)18(25)24-11(2)12-4-3-5-13(9-12)19(21,22)23/h3-9,11H,1-2H3,(H,24,25). The molecule has 26 heavy (non-hydrogen) atoms. The molecule has 2 nitrogen and oxygen atoms in total. The first kappa shape index (κ1) is 18.7. The second kappa shape index (κ2) is 6.93. The highest BCUT2D eigenvalue weighted by atomic mass is 35.5. The lowest BCUT2D eigenvalue weighted by molar-refractivity contribution is -0.137. The van der Waals surface area contributed by atoms with Gasteiger partial charge in [-0.2, -0.15) is 13.2 Å². The van der Waals surface area contributed by atoms with Gasteiger partial charge in [0.05, 0.1) is 16.6 Å². The van der Waals surface area contributed by atoms with Gasteiger partial charge >= 0.3 is 6.18 Å². The number of nitrogens with one attached hydrogen (secondary N) is 1. The Morgan fingerprint density at radius 1 is 1.19 bits per heavy atom. The fraction of sp³-hybridized carbons (Fsp3) is 0.211. The van der Waals surface area contributed by atoms with E-state index in [0.29, 0.717) is 15.5 Å². The smallest absolute Gasteiger partial charge is 0.345 e. The zero-order chi connectivity index (χ0) is 19.1. The van der Waals surface area contributed by atoms with Crippen LogP contribution in [0.4, 0.5) is 13.2 Å². The summed E-state index contributed by atoms with van der Waals surface area (Å²) >= 11 is 7.59. The molecule has 0 saturated carbocycles. The van der Waals surface area contributed by atoms with Crippen LogP contribution in [0.3, 0.4) is 0 Å². The third-order valence-corrected chi connectivity index (χ3v) is 5.71. The van der Waals surface area contributed by atoms with Crippen molar-refractivity contribution in [2.24, 2.45) is 0 Å². The maximum Gasteiger partial charge on any atom is 0.416 e. The fourth-order valence-electron chi connectivity index (χ4n) is 2.65. The van der Waals surface area contributed by atoms with E-state index in [-0.39, 0.29) is 0 Å². The second-order valence-electron chi connectivity index (χ2n) is 6.06. The van der Waals surface area contributed by atoms with Crippen molar-refractivity contribution in [1.29, 1.82) is 0 Å². The van der Waals surface area contributed by atoms with E-state index in [2.05, 4.69) is 5.32 Å². The molecule has 0 aliphatic rings. The van der Waals surface area contributed by atoms with Crippen LogP contribution in [-0.2, 0) is 6.18 Å². The lowest BCUT2D eigenvalue weighted by Gasteiger charge is -2.16. The van der Waals surface area contributed by atoms with Crippen molar-refractivity contribution in [2.45, 2.75) is 26.1 Å². The molecule has 0 radical (unpaired) electrons. The Labute approximate surface area is 157 Å². The van der Waals surface area contributed by atoms with E-state index in [1.54, 1.807) is 13.0 Å². The van der Waals surface area contributed by atoms with Gasteiger partial charge < -0.3 is 5.32 Å². The average molecular weight is 398 g/mol. The minimum atomic E-state index is -4.42. The molecule has 0 aliphatic heterocycles. The molecule has 2 aromatic carbocycles. The first-order valence-electron chi connectivity index (χ1n) is 7.83. The van der Waals surface area contributed by atoms with Gasteiger partial charge in [0.2, 0.25) is 0 Å². The Kier molecular flexibility index (Phi) is 4.99. The van der Waals surface area contributed by atoms with E-state index in [4.69, 9.17) is 11.6 Å². The number of thiophene rings is 1. The highest BCUT2D eigenvalue weighted by Gasteiger charge is 2.31. The second-order valence-corrected chi connectivity index (χ2v) is 7.49. The van der Waals surface area contributed by atoms with Crippen molar-refractivity contribution in [3.8, 4) is 0 Å². The fourth-order valence-corrected chi connectivity index (χ4v) is 4.17. The molecular weight excluding hydrogens is 383 g/mol. The van der Waals surface area contributed by atoms with Crippen LogP contribution in [0.25, 0.3) is 10.1 Å². The Bertz CT molecular complexity index is 981. The molecule has 1 N–H and O–H groups in total. The average Bonchev–Trinajstić information content (AvgIpc) is 2.90. The van der Waals surface area contributed by atoms with Gasteiger partial charge in [-0.25, -0.2) is 0 Å². The van der Waals surface area contributed by atoms with Crippen molar-refractivity contribution >= 4 is 38.9 Å². The Morgan fingerprint density at radius 3 is 2.62 bits per heavy atom. The van der Waals surface area contributed by atoms with Crippen molar-refractivity contribution in [1.82, 2.24) is 5.32 Å². The van der Waals surface area contributed by atoms with Crippen LogP contribution in [0.5, 0.6) is 0 Å².